The van der Waals surface area contributed by atoms with Crippen molar-refractivity contribution in [1.29, 1.82) is 0 Å². The molecule has 0 aliphatic carbocycles. The smallest absolute Gasteiger partial charge is 0.335 e. The van der Waals surface area contributed by atoms with Crippen molar-refractivity contribution in [3.63, 3.8) is 0 Å². The molecule has 4 aromatic carbocycles. The Morgan fingerprint density at radius 3 is 1.14 bits per heavy atom. The number of hydrogen-bond acceptors (Lipinski definition) is 1. The van der Waals surface area contributed by atoms with Gasteiger partial charge in [-0.25, -0.2) is 4.79 Å². The molecule has 0 saturated carbocycles. The van der Waals surface area contributed by atoms with Gasteiger partial charge in [0, 0.05) is 0 Å². The van der Waals surface area contributed by atoms with Gasteiger partial charge in [-0.1, -0.05) is 103 Å². The van der Waals surface area contributed by atoms with Gasteiger partial charge < -0.3 is 5.11 Å². The molecule has 0 spiro atoms. The van der Waals surface area contributed by atoms with Gasteiger partial charge in [-0.05, 0) is 32.9 Å². The Hall–Kier alpha value is -3.43. The highest BCUT2D eigenvalue weighted by Gasteiger charge is 2.41. The Morgan fingerprint density at radius 2 is 0.821 bits per heavy atom. The van der Waals surface area contributed by atoms with Crippen LogP contribution in [0.2, 0.25) is 0 Å². The quantitative estimate of drug-likeness (QED) is 0.427. The van der Waals surface area contributed by atoms with Gasteiger partial charge in [-0.15, -0.1) is 0 Å². The van der Waals surface area contributed by atoms with Crippen LogP contribution < -0.4 is 20.7 Å². The molecule has 0 radical (unpaired) electrons. The van der Waals surface area contributed by atoms with E-state index >= 15 is 0 Å². The molecule has 0 aliphatic rings. The van der Waals surface area contributed by atoms with Crippen molar-refractivity contribution in [3.8, 4) is 0 Å². The largest absolute Gasteiger partial charge is 0.478 e. The van der Waals surface area contributed by atoms with Crippen molar-refractivity contribution >= 4 is 34.8 Å². The van der Waals surface area contributed by atoms with Crippen LogP contribution in [0.25, 0.3) is 0 Å². The second-order valence-electron chi connectivity index (χ2n) is 6.73. The number of rotatable bonds is 5. The van der Waals surface area contributed by atoms with E-state index in [9.17, 15) is 9.90 Å². The second-order valence-corrected chi connectivity index (χ2v) is 10.5. The second kappa shape index (κ2) is 7.67. The van der Waals surface area contributed by atoms with Crippen molar-refractivity contribution in [2.45, 2.75) is 0 Å². The van der Waals surface area contributed by atoms with Gasteiger partial charge in [0.1, 0.15) is 0 Å². The Labute approximate surface area is 165 Å². The summed E-state index contributed by atoms with van der Waals surface area (Å²) in [5, 5.41) is 14.3. The number of benzene rings is 4. The fourth-order valence-electron chi connectivity index (χ4n) is 3.93. The average Bonchev–Trinajstić information content (AvgIpc) is 2.77. The van der Waals surface area contributed by atoms with Crippen molar-refractivity contribution in [2.75, 3.05) is 0 Å². The first kappa shape index (κ1) is 18.0. The molecular formula is C25H20O2Si. The molecule has 4 rings (SSSR count). The van der Waals surface area contributed by atoms with Crippen LogP contribution >= 0.6 is 0 Å². The highest BCUT2D eigenvalue weighted by Crippen LogP contribution is 2.10. The summed E-state index contributed by atoms with van der Waals surface area (Å²) in [5.74, 6) is -0.905. The van der Waals surface area contributed by atoms with Gasteiger partial charge in [0.05, 0.1) is 5.56 Å². The zero-order chi connectivity index (χ0) is 19.4. The van der Waals surface area contributed by atoms with Gasteiger partial charge >= 0.3 is 5.97 Å². The number of aromatic carboxylic acids is 1. The maximum atomic E-state index is 11.4. The van der Waals surface area contributed by atoms with E-state index in [0.717, 1.165) is 0 Å². The van der Waals surface area contributed by atoms with Gasteiger partial charge in [0.25, 0.3) is 0 Å². The predicted molar refractivity (Wildman–Crippen MR) is 117 cm³/mol. The molecule has 136 valence electrons. The predicted octanol–water partition coefficient (Wildman–Crippen LogP) is 2.76. The van der Waals surface area contributed by atoms with E-state index in [1.165, 1.54) is 20.7 Å². The van der Waals surface area contributed by atoms with E-state index in [4.69, 9.17) is 0 Å². The number of carboxylic acids is 1. The van der Waals surface area contributed by atoms with Crippen molar-refractivity contribution in [3.05, 3.63) is 121 Å². The van der Waals surface area contributed by atoms with Gasteiger partial charge in [-0.2, -0.15) is 0 Å². The Balaban J connectivity index is 2.08. The molecule has 0 fully saturated rings. The van der Waals surface area contributed by atoms with E-state index in [1.807, 2.05) is 30.3 Å². The van der Waals surface area contributed by atoms with Gasteiger partial charge in [0.15, 0.2) is 8.07 Å². The summed E-state index contributed by atoms with van der Waals surface area (Å²) < 4.78 is 0. The molecule has 0 unspecified atom stereocenters. The van der Waals surface area contributed by atoms with Crippen molar-refractivity contribution < 1.29 is 9.90 Å². The van der Waals surface area contributed by atoms with E-state index in [2.05, 4.69) is 72.8 Å². The molecule has 1 N–H and O–H groups in total. The van der Waals surface area contributed by atoms with E-state index in [-0.39, 0.29) is 0 Å². The van der Waals surface area contributed by atoms with Crippen LogP contribution in [0.5, 0.6) is 0 Å². The standard InChI is InChI=1S/C25H20O2Si/c26-25(27)20-16-18-24(19-17-20)28(21-10-4-1-5-11-21,22-12-6-2-7-13-22)23-14-8-3-9-15-23/h1-19H,(H,26,27). The first-order valence-corrected chi connectivity index (χ1v) is 11.2. The molecule has 4 aromatic rings. The highest BCUT2D eigenvalue weighted by molar-refractivity contribution is 7.19. The van der Waals surface area contributed by atoms with Crippen molar-refractivity contribution in [1.82, 2.24) is 0 Å². The first-order valence-electron chi connectivity index (χ1n) is 9.23. The monoisotopic (exact) mass is 380 g/mol. The normalized spacial score (nSPS) is 11.1. The van der Waals surface area contributed by atoms with Gasteiger partial charge in [-0.3, -0.25) is 0 Å². The minimum Gasteiger partial charge on any atom is -0.478 e. The Kier molecular flexibility index (Phi) is 4.92. The summed E-state index contributed by atoms with van der Waals surface area (Å²) in [5.41, 5.74) is 0.306. The van der Waals surface area contributed by atoms with Crippen LogP contribution in [-0.2, 0) is 0 Å². The highest BCUT2D eigenvalue weighted by atomic mass is 28.3. The summed E-state index contributed by atoms with van der Waals surface area (Å²) >= 11 is 0. The van der Waals surface area contributed by atoms with Crippen LogP contribution in [0.1, 0.15) is 10.4 Å². The molecule has 0 heterocycles. The first-order chi connectivity index (χ1) is 13.7. The SMILES string of the molecule is O=C(O)c1ccc([Si](c2ccccc2)(c2ccccc2)c2ccccc2)cc1. The summed E-state index contributed by atoms with van der Waals surface area (Å²) in [6, 6.07) is 39.1. The zero-order valence-corrected chi connectivity index (χ0v) is 16.3. The van der Waals surface area contributed by atoms with E-state index in [0.29, 0.717) is 5.56 Å². The third-order valence-electron chi connectivity index (χ3n) is 5.19. The number of hydrogen-bond donors (Lipinski definition) is 1. The molecule has 0 bridgehead atoms. The van der Waals surface area contributed by atoms with Crippen LogP contribution in [0, 0.1) is 0 Å². The van der Waals surface area contributed by atoms with Crippen molar-refractivity contribution in [2.24, 2.45) is 0 Å². The third-order valence-corrected chi connectivity index (χ3v) is 9.98. The molecule has 3 heteroatoms. The molecule has 2 nitrogen and oxygen atoms in total. The minimum atomic E-state index is -2.55. The topological polar surface area (TPSA) is 37.3 Å². The lowest BCUT2D eigenvalue weighted by atomic mass is 10.2. The van der Waals surface area contributed by atoms with E-state index in [1.54, 1.807) is 12.1 Å². The van der Waals surface area contributed by atoms with Crippen LogP contribution in [-0.4, -0.2) is 19.1 Å². The summed E-state index contributed by atoms with van der Waals surface area (Å²) in [4.78, 5) is 11.4. The summed E-state index contributed by atoms with van der Waals surface area (Å²) in [7, 11) is -2.55. The lowest BCUT2D eigenvalue weighted by molar-refractivity contribution is 0.0697. The molecule has 0 atom stereocenters. The maximum Gasteiger partial charge on any atom is 0.335 e. The molecule has 0 aliphatic heterocycles. The number of carboxylic acid groups (broad SMARTS) is 1. The molecular weight excluding hydrogens is 360 g/mol. The summed E-state index contributed by atoms with van der Waals surface area (Å²) in [6.07, 6.45) is 0. The van der Waals surface area contributed by atoms with Crippen LogP contribution in [0.4, 0.5) is 0 Å². The molecule has 28 heavy (non-hydrogen) atoms. The summed E-state index contributed by atoms with van der Waals surface area (Å²) in [6.45, 7) is 0. The lowest BCUT2D eigenvalue weighted by Crippen LogP contribution is -2.74. The minimum absolute atomic E-state index is 0.306. The van der Waals surface area contributed by atoms with E-state index < -0.39 is 14.0 Å². The third kappa shape index (κ3) is 3.06. The van der Waals surface area contributed by atoms with Gasteiger partial charge in [0.2, 0.25) is 0 Å². The zero-order valence-electron chi connectivity index (χ0n) is 15.3. The molecule has 0 amide bonds. The number of carbonyl (C=O) groups is 1. The fourth-order valence-corrected chi connectivity index (χ4v) is 8.67. The Bertz CT molecular complexity index is 963. The average molecular weight is 381 g/mol. The fraction of sp³-hybridized carbons (Fsp3) is 0. The Morgan fingerprint density at radius 1 is 0.500 bits per heavy atom. The maximum absolute atomic E-state index is 11.4. The van der Waals surface area contributed by atoms with Crippen LogP contribution in [0.3, 0.4) is 0 Å². The molecule has 0 saturated heterocycles. The van der Waals surface area contributed by atoms with Crippen LogP contribution in [0.15, 0.2) is 115 Å². The molecule has 0 aromatic heterocycles. The lowest BCUT2D eigenvalue weighted by Gasteiger charge is -2.34.